The van der Waals surface area contributed by atoms with E-state index in [0.29, 0.717) is 0 Å². The average molecular weight is 235 g/mol. The molecule has 18 heavy (non-hydrogen) atoms. The SMILES string of the molecule is C1=C[C@@]2(Cc3ccccc3N2)Oc2ccccc21. The highest BCUT2D eigenvalue weighted by atomic mass is 16.5. The Morgan fingerprint density at radius 3 is 2.78 bits per heavy atom. The van der Waals surface area contributed by atoms with Gasteiger partial charge in [-0.05, 0) is 29.8 Å². The van der Waals surface area contributed by atoms with Crippen LogP contribution < -0.4 is 10.1 Å². The summed E-state index contributed by atoms with van der Waals surface area (Å²) in [5.74, 6) is 0.945. The van der Waals surface area contributed by atoms with Crippen LogP contribution in [0, 0.1) is 0 Å². The second kappa shape index (κ2) is 3.39. The number of fused-ring (bicyclic) bond motifs is 2. The van der Waals surface area contributed by atoms with Crippen molar-refractivity contribution in [2.24, 2.45) is 0 Å². The van der Waals surface area contributed by atoms with Crippen LogP contribution in [0.15, 0.2) is 54.6 Å². The van der Waals surface area contributed by atoms with E-state index in [0.717, 1.165) is 17.7 Å². The molecule has 0 unspecified atom stereocenters. The molecular weight excluding hydrogens is 222 g/mol. The van der Waals surface area contributed by atoms with E-state index in [2.05, 4.69) is 41.7 Å². The lowest BCUT2D eigenvalue weighted by molar-refractivity contribution is 0.155. The Morgan fingerprint density at radius 1 is 1.00 bits per heavy atom. The summed E-state index contributed by atoms with van der Waals surface area (Å²) < 4.78 is 6.16. The lowest BCUT2D eigenvalue weighted by Gasteiger charge is -2.31. The molecule has 0 saturated heterocycles. The Labute approximate surface area is 106 Å². The Hall–Kier alpha value is -2.22. The zero-order valence-electron chi connectivity index (χ0n) is 9.89. The molecule has 2 heteroatoms. The number of para-hydroxylation sites is 2. The molecule has 0 saturated carbocycles. The van der Waals surface area contributed by atoms with E-state index in [4.69, 9.17) is 4.74 Å². The minimum Gasteiger partial charge on any atom is -0.464 e. The van der Waals surface area contributed by atoms with Crippen molar-refractivity contribution in [2.75, 3.05) is 5.32 Å². The number of rotatable bonds is 0. The first-order valence-corrected chi connectivity index (χ1v) is 6.18. The van der Waals surface area contributed by atoms with Gasteiger partial charge in [0.1, 0.15) is 5.75 Å². The molecule has 0 fully saturated rings. The zero-order chi connectivity index (χ0) is 12.0. The summed E-state index contributed by atoms with van der Waals surface area (Å²) in [6.07, 6.45) is 5.13. The topological polar surface area (TPSA) is 21.3 Å². The first-order chi connectivity index (χ1) is 8.85. The zero-order valence-corrected chi connectivity index (χ0v) is 9.89. The first-order valence-electron chi connectivity index (χ1n) is 6.18. The van der Waals surface area contributed by atoms with Gasteiger partial charge in [-0.3, -0.25) is 0 Å². The highest BCUT2D eigenvalue weighted by Gasteiger charge is 2.38. The van der Waals surface area contributed by atoms with E-state index in [9.17, 15) is 0 Å². The summed E-state index contributed by atoms with van der Waals surface area (Å²) in [5, 5.41) is 3.48. The molecule has 2 nitrogen and oxygen atoms in total. The third-order valence-electron chi connectivity index (χ3n) is 3.56. The van der Waals surface area contributed by atoms with Gasteiger partial charge in [0.05, 0.1) is 0 Å². The van der Waals surface area contributed by atoms with E-state index in [1.807, 2.05) is 24.3 Å². The third-order valence-corrected chi connectivity index (χ3v) is 3.56. The fourth-order valence-corrected chi connectivity index (χ4v) is 2.68. The first kappa shape index (κ1) is 9.77. The number of ether oxygens (including phenoxy) is 1. The van der Waals surface area contributed by atoms with E-state index in [1.54, 1.807) is 0 Å². The van der Waals surface area contributed by atoms with Crippen LogP contribution in [-0.2, 0) is 6.42 Å². The molecule has 0 aromatic heterocycles. The quantitative estimate of drug-likeness (QED) is 0.755. The standard InChI is InChI=1S/C16H13NO/c1-3-7-14-13(6-1)11-16(17-14)10-9-12-5-2-4-8-15(12)18-16/h1-10,17H,11H2/t16-/m0/s1. The van der Waals surface area contributed by atoms with Gasteiger partial charge in [0, 0.05) is 17.7 Å². The lowest BCUT2D eigenvalue weighted by Crippen LogP contribution is -2.41. The van der Waals surface area contributed by atoms with Gasteiger partial charge in [0.2, 0.25) is 5.72 Å². The highest BCUT2D eigenvalue weighted by Crippen LogP contribution is 2.39. The van der Waals surface area contributed by atoms with Crippen LogP contribution in [0.4, 0.5) is 5.69 Å². The molecule has 2 aliphatic heterocycles. The van der Waals surface area contributed by atoms with Gasteiger partial charge in [-0.15, -0.1) is 0 Å². The molecule has 1 atom stereocenters. The van der Waals surface area contributed by atoms with Gasteiger partial charge in [-0.2, -0.15) is 0 Å². The fraction of sp³-hybridized carbons (Fsp3) is 0.125. The molecule has 0 amide bonds. The minimum absolute atomic E-state index is 0.405. The van der Waals surface area contributed by atoms with E-state index in [1.165, 1.54) is 11.3 Å². The lowest BCUT2D eigenvalue weighted by atomic mass is 10.0. The molecule has 1 spiro atoms. The molecule has 0 aliphatic carbocycles. The van der Waals surface area contributed by atoms with Crippen LogP contribution in [-0.4, -0.2) is 5.72 Å². The van der Waals surface area contributed by atoms with Crippen LogP contribution in [0.2, 0.25) is 0 Å². The van der Waals surface area contributed by atoms with E-state index in [-0.39, 0.29) is 0 Å². The van der Waals surface area contributed by atoms with Crippen LogP contribution in [0.25, 0.3) is 6.08 Å². The molecule has 0 bridgehead atoms. The molecule has 2 aromatic carbocycles. The third kappa shape index (κ3) is 1.35. The van der Waals surface area contributed by atoms with Gasteiger partial charge >= 0.3 is 0 Å². The van der Waals surface area contributed by atoms with Crippen molar-refractivity contribution >= 4 is 11.8 Å². The summed E-state index contributed by atoms with van der Waals surface area (Å²) >= 11 is 0. The predicted molar refractivity (Wildman–Crippen MR) is 72.6 cm³/mol. The minimum atomic E-state index is -0.405. The number of nitrogens with one attached hydrogen (secondary N) is 1. The second-order valence-corrected chi connectivity index (χ2v) is 4.82. The maximum Gasteiger partial charge on any atom is 0.204 e. The molecule has 1 N–H and O–H groups in total. The summed E-state index contributed by atoms with van der Waals surface area (Å²) in [7, 11) is 0. The van der Waals surface area contributed by atoms with E-state index >= 15 is 0 Å². The molecule has 2 aliphatic rings. The molecule has 88 valence electrons. The van der Waals surface area contributed by atoms with Crippen molar-refractivity contribution in [3.63, 3.8) is 0 Å². The molecule has 0 radical (unpaired) electrons. The van der Waals surface area contributed by atoms with Crippen molar-refractivity contribution in [1.82, 2.24) is 0 Å². The molecule has 4 rings (SSSR count). The Morgan fingerprint density at radius 2 is 1.83 bits per heavy atom. The second-order valence-electron chi connectivity index (χ2n) is 4.82. The van der Waals surface area contributed by atoms with Crippen LogP contribution in [0.5, 0.6) is 5.75 Å². The predicted octanol–water partition coefficient (Wildman–Crippen LogP) is 3.46. The monoisotopic (exact) mass is 235 g/mol. The smallest absolute Gasteiger partial charge is 0.204 e. The van der Waals surface area contributed by atoms with Crippen LogP contribution >= 0.6 is 0 Å². The van der Waals surface area contributed by atoms with Crippen molar-refractivity contribution in [1.29, 1.82) is 0 Å². The van der Waals surface area contributed by atoms with Crippen molar-refractivity contribution in [2.45, 2.75) is 12.1 Å². The van der Waals surface area contributed by atoms with Crippen LogP contribution in [0.3, 0.4) is 0 Å². The Kier molecular flexibility index (Phi) is 1.84. The van der Waals surface area contributed by atoms with E-state index < -0.39 is 5.72 Å². The average Bonchev–Trinajstić information content (AvgIpc) is 2.76. The summed E-state index contributed by atoms with van der Waals surface area (Å²) in [6, 6.07) is 16.5. The largest absolute Gasteiger partial charge is 0.464 e. The summed E-state index contributed by atoms with van der Waals surface area (Å²) in [4.78, 5) is 0. The van der Waals surface area contributed by atoms with Crippen molar-refractivity contribution in [3.05, 3.63) is 65.7 Å². The van der Waals surface area contributed by atoms with Gasteiger partial charge < -0.3 is 10.1 Å². The maximum absolute atomic E-state index is 6.16. The molecule has 2 aromatic rings. The number of benzene rings is 2. The molecule has 2 heterocycles. The number of hydrogen-bond acceptors (Lipinski definition) is 2. The van der Waals surface area contributed by atoms with Crippen molar-refractivity contribution < 1.29 is 4.74 Å². The summed E-state index contributed by atoms with van der Waals surface area (Å²) in [6.45, 7) is 0. The van der Waals surface area contributed by atoms with Gasteiger partial charge in [-0.25, -0.2) is 0 Å². The highest BCUT2D eigenvalue weighted by molar-refractivity contribution is 5.67. The Balaban J connectivity index is 1.74. The normalized spacial score (nSPS) is 23.1. The maximum atomic E-state index is 6.16. The van der Waals surface area contributed by atoms with Gasteiger partial charge in [-0.1, -0.05) is 36.4 Å². The van der Waals surface area contributed by atoms with Crippen molar-refractivity contribution in [3.8, 4) is 5.75 Å². The van der Waals surface area contributed by atoms with Crippen LogP contribution in [0.1, 0.15) is 11.1 Å². The number of hydrogen-bond donors (Lipinski definition) is 1. The summed E-state index contributed by atoms with van der Waals surface area (Å²) in [5.41, 5.74) is 3.21. The van der Waals surface area contributed by atoms with Gasteiger partial charge in [0.25, 0.3) is 0 Å². The van der Waals surface area contributed by atoms with Gasteiger partial charge in [0.15, 0.2) is 0 Å². The number of anilines is 1. The molecular formula is C16H13NO. The Bertz CT molecular complexity index is 620. The fourth-order valence-electron chi connectivity index (χ4n) is 2.68.